The fourth-order valence-corrected chi connectivity index (χ4v) is 3.12. The van der Waals surface area contributed by atoms with E-state index in [9.17, 15) is 0 Å². The Kier molecular flexibility index (Phi) is 4.53. The zero-order chi connectivity index (χ0) is 15.4. The Morgan fingerprint density at radius 2 is 2.18 bits per heavy atom. The Morgan fingerprint density at radius 1 is 1.27 bits per heavy atom. The van der Waals surface area contributed by atoms with Crippen molar-refractivity contribution >= 4 is 11.8 Å². The summed E-state index contributed by atoms with van der Waals surface area (Å²) in [5.74, 6) is 1.58. The van der Waals surface area contributed by atoms with Crippen molar-refractivity contribution in [3.05, 3.63) is 48.0 Å². The number of rotatable bonds is 6. The molecule has 0 atom stereocenters. The Hall–Kier alpha value is -2.15. The second kappa shape index (κ2) is 6.74. The number of nitrogens with zero attached hydrogens (tertiary/aromatic N) is 6. The lowest BCUT2D eigenvalue weighted by molar-refractivity contribution is 0.564. The van der Waals surface area contributed by atoms with Crippen molar-refractivity contribution < 1.29 is 0 Å². The molecule has 2 heterocycles. The van der Waals surface area contributed by atoms with Gasteiger partial charge in [-0.1, -0.05) is 30.8 Å². The molecule has 0 spiro atoms. The van der Waals surface area contributed by atoms with Gasteiger partial charge in [-0.2, -0.15) is 0 Å². The van der Waals surface area contributed by atoms with Gasteiger partial charge in [-0.05, 0) is 41.5 Å². The van der Waals surface area contributed by atoms with Crippen molar-refractivity contribution in [3.63, 3.8) is 0 Å². The monoisotopic (exact) mass is 314 g/mol. The number of aryl methyl sites for hydroxylation is 2. The number of thioether (sulfide) groups is 1. The number of aromatic nitrogens is 6. The highest BCUT2D eigenvalue weighted by Crippen LogP contribution is 2.23. The summed E-state index contributed by atoms with van der Waals surface area (Å²) in [6.45, 7) is 5.05. The van der Waals surface area contributed by atoms with E-state index in [1.165, 1.54) is 5.56 Å². The molecule has 6 nitrogen and oxygen atoms in total. The Bertz CT molecular complexity index is 748. The summed E-state index contributed by atoms with van der Waals surface area (Å²) in [6.07, 6.45) is 4.81. The third-order valence-electron chi connectivity index (χ3n) is 3.26. The Labute approximate surface area is 133 Å². The van der Waals surface area contributed by atoms with Gasteiger partial charge >= 0.3 is 0 Å². The summed E-state index contributed by atoms with van der Waals surface area (Å²) in [6, 6.07) is 8.37. The van der Waals surface area contributed by atoms with Crippen LogP contribution in [0.5, 0.6) is 0 Å². The van der Waals surface area contributed by atoms with E-state index in [-0.39, 0.29) is 0 Å². The molecule has 22 heavy (non-hydrogen) atoms. The smallest absolute Gasteiger partial charge is 0.173 e. The van der Waals surface area contributed by atoms with Crippen molar-refractivity contribution in [3.8, 4) is 5.69 Å². The largest absolute Gasteiger partial charge is 0.295 e. The summed E-state index contributed by atoms with van der Waals surface area (Å²) in [7, 11) is 0. The van der Waals surface area contributed by atoms with Gasteiger partial charge < -0.3 is 0 Å². The summed E-state index contributed by atoms with van der Waals surface area (Å²) in [5, 5.41) is 12.8. The lowest BCUT2D eigenvalue weighted by atomic mass is 10.2. The minimum absolute atomic E-state index is 0.704. The summed E-state index contributed by atoms with van der Waals surface area (Å²) in [5.41, 5.74) is 2.35. The molecule has 2 aromatic heterocycles. The molecule has 0 amide bonds. The van der Waals surface area contributed by atoms with E-state index in [0.29, 0.717) is 5.75 Å². The van der Waals surface area contributed by atoms with Gasteiger partial charge in [-0.15, -0.1) is 5.10 Å². The molecule has 0 saturated heterocycles. The molecule has 0 aliphatic rings. The van der Waals surface area contributed by atoms with Gasteiger partial charge in [0.15, 0.2) is 11.0 Å². The average Bonchev–Trinajstić information content (AvgIpc) is 3.14. The maximum absolute atomic E-state index is 4.45. The second-order valence-electron chi connectivity index (χ2n) is 5.03. The van der Waals surface area contributed by atoms with Crippen LogP contribution in [0.2, 0.25) is 0 Å². The van der Waals surface area contributed by atoms with Gasteiger partial charge in [-0.3, -0.25) is 4.57 Å². The van der Waals surface area contributed by atoms with E-state index in [0.717, 1.165) is 29.6 Å². The molecule has 0 N–H and O–H groups in total. The van der Waals surface area contributed by atoms with E-state index < -0.39 is 0 Å². The van der Waals surface area contributed by atoms with Crippen LogP contribution in [0.3, 0.4) is 0 Å². The predicted molar refractivity (Wildman–Crippen MR) is 86.0 cm³/mol. The van der Waals surface area contributed by atoms with Crippen molar-refractivity contribution in [1.82, 2.24) is 29.8 Å². The van der Waals surface area contributed by atoms with Crippen LogP contribution in [-0.2, 0) is 12.3 Å². The molecule has 1 aromatic carbocycles. The van der Waals surface area contributed by atoms with Crippen molar-refractivity contribution in [2.45, 2.75) is 37.7 Å². The van der Waals surface area contributed by atoms with Crippen LogP contribution in [0.25, 0.3) is 5.69 Å². The number of hydrogen-bond acceptors (Lipinski definition) is 5. The average molecular weight is 314 g/mol. The third-order valence-corrected chi connectivity index (χ3v) is 4.22. The molecule has 0 unspecified atom stereocenters. The van der Waals surface area contributed by atoms with E-state index in [2.05, 4.69) is 63.2 Å². The normalized spacial score (nSPS) is 11.0. The number of imidazole rings is 1. The van der Waals surface area contributed by atoms with Crippen LogP contribution in [0.1, 0.15) is 24.7 Å². The standard InChI is InChI=1S/C15H18N6S/c1-3-8-21-14(17-18-19-21)11-22-15-16-7-9-20(15)13-6-4-5-12(2)10-13/h4-7,9-10H,3,8,11H2,1-2H3. The first-order chi connectivity index (χ1) is 10.8. The summed E-state index contributed by atoms with van der Waals surface area (Å²) >= 11 is 1.64. The van der Waals surface area contributed by atoms with E-state index in [1.807, 2.05) is 17.1 Å². The topological polar surface area (TPSA) is 61.4 Å². The lowest BCUT2D eigenvalue weighted by Crippen LogP contribution is -2.04. The molecule has 0 aliphatic heterocycles. The molecule has 0 fully saturated rings. The molecule has 0 aliphatic carbocycles. The van der Waals surface area contributed by atoms with Crippen LogP contribution >= 0.6 is 11.8 Å². The Morgan fingerprint density at radius 3 is 3.00 bits per heavy atom. The maximum atomic E-state index is 4.45. The Balaban J connectivity index is 1.77. The number of benzene rings is 1. The van der Waals surface area contributed by atoms with E-state index >= 15 is 0 Å². The lowest BCUT2D eigenvalue weighted by Gasteiger charge is -2.08. The van der Waals surface area contributed by atoms with Crippen LogP contribution < -0.4 is 0 Å². The highest BCUT2D eigenvalue weighted by atomic mass is 32.2. The van der Waals surface area contributed by atoms with Gasteiger partial charge in [0.05, 0.1) is 5.75 Å². The number of hydrogen-bond donors (Lipinski definition) is 0. The molecule has 3 rings (SSSR count). The zero-order valence-electron chi connectivity index (χ0n) is 12.7. The van der Waals surface area contributed by atoms with Crippen molar-refractivity contribution in [2.24, 2.45) is 0 Å². The summed E-state index contributed by atoms with van der Waals surface area (Å²) in [4.78, 5) is 4.45. The van der Waals surface area contributed by atoms with Gasteiger partial charge in [0, 0.05) is 24.6 Å². The molecular formula is C15H18N6S. The predicted octanol–water partition coefficient (Wildman–Crippen LogP) is 2.87. The first-order valence-corrected chi connectivity index (χ1v) is 8.24. The van der Waals surface area contributed by atoms with Crippen molar-refractivity contribution in [2.75, 3.05) is 0 Å². The van der Waals surface area contributed by atoms with Gasteiger partial charge in [0.2, 0.25) is 0 Å². The molecular weight excluding hydrogens is 296 g/mol. The van der Waals surface area contributed by atoms with E-state index in [1.54, 1.807) is 11.8 Å². The van der Waals surface area contributed by atoms with Crippen LogP contribution in [0.4, 0.5) is 0 Å². The van der Waals surface area contributed by atoms with Crippen LogP contribution in [-0.4, -0.2) is 29.8 Å². The van der Waals surface area contributed by atoms with Crippen molar-refractivity contribution in [1.29, 1.82) is 0 Å². The minimum atomic E-state index is 0.704. The maximum Gasteiger partial charge on any atom is 0.173 e. The highest BCUT2D eigenvalue weighted by molar-refractivity contribution is 7.98. The zero-order valence-corrected chi connectivity index (χ0v) is 13.5. The highest BCUT2D eigenvalue weighted by Gasteiger charge is 2.10. The van der Waals surface area contributed by atoms with Crippen LogP contribution in [0.15, 0.2) is 41.8 Å². The van der Waals surface area contributed by atoms with Gasteiger partial charge in [-0.25, -0.2) is 9.67 Å². The minimum Gasteiger partial charge on any atom is -0.295 e. The summed E-state index contributed by atoms with van der Waals surface area (Å²) < 4.78 is 3.94. The molecule has 114 valence electrons. The first-order valence-electron chi connectivity index (χ1n) is 7.26. The molecule has 0 saturated carbocycles. The quantitative estimate of drug-likeness (QED) is 0.655. The second-order valence-corrected chi connectivity index (χ2v) is 5.97. The molecule has 0 bridgehead atoms. The van der Waals surface area contributed by atoms with Crippen LogP contribution in [0, 0.1) is 6.92 Å². The molecule has 7 heteroatoms. The van der Waals surface area contributed by atoms with Gasteiger partial charge in [0.25, 0.3) is 0 Å². The fraction of sp³-hybridized carbons (Fsp3) is 0.333. The molecule has 3 aromatic rings. The SMILES string of the molecule is CCCn1nnnc1CSc1nccn1-c1cccc(C)c1. The first kappa shape index (κ1) is 14.8. The van der Waals surface area contributed by atoms with Gasteiger partial charge in [0.1, 0.15) is 0 Å². The number of tetrazole rings is 1. The third kappa shape index (κ3) is 3.19. The molecule has 0 radical (unpaired) electrons. The van der Waals surface area contributed by atoms with E-state index in [4.69, 9.17) is 0 Å². The fourth-order valence-electron chi connectivity index (χ4n) is 2.21.